The number of carbonyl (C=O) groups is 1. The van der Waals surface area contributed by atoms with Gasteiger partial charge in [0.25, 0.3) is 0 Å². The Balaban J connectivity index is 1.89. The van der Waals surface area contributed by atoms with Crippen LogP contribution in [0.3, 0.4) is 0 Å². The van der Waals surface area contributed by atoms with Crippen molar-refractivity contribution in [1.29, 1.82) is 5.26 Å². The fraction of sp³-hybridized carbons (Fsp3) is 0.0909. The third-order valence-corrected chi connectivity index (χ3v) is 4.45. The maximum atomic E-state index is 11.9. The number of benzene rings is 2. The Kier molecular flexibility index (Phi) is 4.91. The molecule has 0 bridgehead atoms. The molecule has 142 valence electrons. The number of amides is 2. The minimum atomic E-state index is -0.327. The number of nitrogens with one attached hydrogen (secondary N) is 3. The topological polar surface area (TPSA) is 106 Å². The molecular formula is C22H18N6O. The molecular weight excluding hydrogens is 364 g/mol. The van der Waals surface area contributed by atoms with E-state index in [-0.39, 0.29) is 6.03 Å². The number of nitriles is 1. The Labute approximate surface area is 167 Å². The van der Waals surface area contributed by atoms with E-state index >= 15 is 0 Å². The molecule has 0 aliphatic rings. The summed E-state index contributed by atoms with van der Waals surface area (Å²) in [6, 6.07) is 17.1. The third kappa shape index (κ3) is 3.77. The minimum absolute atomic E-state index is 0.327. The number of imidazole rings is 1. The van der Waals surface area contributed by atoms with Crippen LogP contribution < -0.4 is 10.6 Å². The summed E-state index contributed by atoms with van der Waals surface area (Å²) in [5.74, 6) is 0.354. The molecule has 0 aliphatic heterocycles. The molecule has 3 N–H and O–H groups in total. The second-order valence-electron chi connectivity index (χ2n) is 6.42. The first kappa shape index (κ1) is 18.2. The van der Waals surface area contributed by atoms with Crippen molar-refractivity contribution in [3.05, 3.63) is 66.5 Å². The molecule has 0 aliphatic carbocycles. The number of pyridine rings is 1. The predicted octanol–water partition coefficient (Wildman–Crippen LogP) is 4.30. The standard InChI is InChI=1S/C22H18N6O/c1-2-25-22(29)28-21-26-19-11-17(16-7-4-8-24-13-16)10-18(20(19)27-21)15-6-3-5-14(9-15)12-23/h3-11,13H,2H2,1H3,(H3,25,26,27,28,29). The first-order valence-corrected chi connectivity index (χ1v) is 9.17. The van der Waals surface area contributed by atoms with E-state index in [1.807, 2.05) is 49.4 Å². The lowest BCUT2D eigenvalue weighted by Gasteiger charge is -2.08. The summed E-state index contributed by atoms with van der Waals surface area (Å²) < 4.78 is 0. The van der Waals surface area contributed by atoms with Gasteiger partial charge in [-0.15, -0.1) is 0 Å². The molecule has 0 fully saturated rings. The van der Waals surface area contributed by atoms with E-state index in [0.29, 0.717) is 23.6 Å². The summed E-state index contributed by atoms with van der Waals surface area (Å²) in [6.45, 7) is 2.36. The van der Waals surface area contributed by atoms with Crippen LogP contribution in [0, 0.1) is 11.3 Å². The molecule has 2 heterocycles. The molecule has 4 aromatic rings. The highest BCUT2D eigenvalue weighted by Gasteiger charge is 2.14. The number of hydrogen-bond donors (Lipinski definition) is 3. The Bertz CT molecular complexity index is 1220. The van der Waals surface area contributed by atoms with Gasteiger partial charge in [0.05, 0.1) is 22.7 Å². The van der Waals surface area contributed by atoms with Gasteiger partial charge >= 0.3 is 6.03 Å². The SMILES string of the molecule is CCNC(=O)Nc1nc2c(-c3cccc(C#N)c3)cc(-c3cccnc3)cc2[nH]1. The van der Waals surface area contributed by atoms with Crippen molar-refractivity contribution in [2.75, 3.05) is 11.9 Å². The number of urea groups is 1. The fourth-order valence-electron chi connectivity index (χ4n) is 3.17. The monoisotopic (exact) mass is 382 g/mol. The molecule has 7 heteroatoms. The second kappa shape index (κ2) is 7.82. The average molecular weight is 382 g/mol. The number of carbonyl (C=O) groups excluding carboxylic acids is 1. The van der Waals surface area contributed by atoms with Crippen molar-refractivity contribution in [1.82, 2.24) is 20.3 Å². The van der Waals surface area contributed by atoms with Gasteiger partial charge in [-0.25, -0.2) is 9.78 Å². The molecule has 2 amide bonds. The number of hydrogen-bond acceptors (Lipinski definition) is 4. The van der Waals surface area contributed by atoms with Crippen LogP contribution in [0.15, 0.2) is 60.9 Å². The summed E-state index contributed by atoms with van der Waals surface area (Å²) in [4.78, 5) is 23.8. The van der Waals surface area contributed by atoms with Crippen molar-refractivity contribution < 1.29 is 4.79 Å². The highest BCUT2D eigenvalue weighted by Crippen LogP contribution is 2.34. The summed E-state index contributed by atoms with van der Waals surface area (Å²) in [5, 5.41) is 14.7. The maximum absolute atomic E-state index is 11.9. The molecule has 0 saturated heterocycles. The van der Waals surface area contributed by atoms with Crippen molar-refractivity contribution in [2.45, 2.75) is 6.92 Å². The van der Waals surface area contributed by atoms with Crippen molar-refractivity contribution in [3.8, 4) is 28.3 Å². The molecule has 0 atom stereocenters. The van der Waals surface area contributed by atoms with E-state index in [9.17, 15) is 10.1 Å². The van der Waals surface area contributed by atoms with Gasteiger partial charge in [0.2, 0.25) is 5.95 Å². The Morgan fingerprint density at radius 2 is 2.00 bits per heavy atom. The van der Waals surface area contributed by atoms with Gasteiger partial charge < -0.3 is 10.3 Å². The largest absolute Gasteiger partial charge is 0.338 e. The molecule has 2 aromatic carbocycles. The highest BCUT2D eigenvalue weighted by molar-refractivity contribution is 5.98. The van der Waals surface area contributed by atoms with E-state index < -0.39 is 0 Å². The van der Waals surface area contributed by atoms with E-state index in [4.69, 9.17) is 0 Å². The third-order valence-electron chi connectivity index (χ3n) is 4.45. The number of rotatable bonds is 4. The van der Waals surface area contributed by atoms with E-state index in [1.54, 1.807) is 18.5 Å². The maximum Gasteiger partial charge on any atom is 0.321 e. The zero-order valence-electron chi connectivity index (χ0n) is 15.7. The predicted molar refractivity (Wildman–Crippen MR) is 112 cm³/mol. The minimum Gasteiger partial charge on any atom is -0.338 e. The summed E-state index contributed by atoms with van der Waals surface area (Å²) in [5.41, 5.74) is 5.69. The summed E-state index contributed by atoms with van der Waals surface area (Å²) in [7, 11) is 0. The average Bonchev–Trinajstić information content (AvgIpc) is 3.16. The van der Waals surface area contributed by atoms with Gasteiger partial charge in [-0.05, 0) is 48.4 Å². The van der Waals surface area contributed by atoms with Crippen LogP contribution in [-0.2, 0) is 0 Å². The number of anilines is 1. The lowest BCUT2D eigenvalue weighted by Crippen LogP contribution is -2.28. The molecule has 29 heavy (non-hydrogen) atoms. The van der Waals surface area contributed by atoms with Gasteiger partial charge in [0.15, 0.2) is 0 Å². The Morgan fingerprint density at radius 1 is 1.14 bits per heavy atom. The first-order valence-electron chi connectivity index (χ1n) is 9.17. The van der Waals surface area contributed by atoms with Gasteiger partial charge in [-0.3, -0.25) is 10.3 Å². The highest BCUT2D eigenvalue weighted by atomic mass is 16.2. The molecule has 0 radical (unpaired) electrons. The molecule has 0 unspecified atom stereocenters. The Hall–Kier alpha value is -4.18. The molecule has 0 spiro atoms. The number of aromatic amines is 1. The molecule has 7 nitrogen and oxygen atoms in total. The van der Waals surface area contributed by atoms with Crippen LogP contribution in [0.2, 0.25) is 0 Å². The van der Waals surface area contributed by atoms with E-state index in [0.717, 1.165) is 27.8 Å². The molecule has 2 aromatic heterocycles. The zero-order chi connectivity index (χ0) is 20.2. The zero-order valence-corrected chi connectivity index (χ0v) is 15.7. The normalized spacial score (nSPS) is 10.5. The van der Waals surface area contributed by atoms with Gasteiger partial charge in [-0.2, -0.15) is 5.26 Å². The van der Waals surface area contributed by atoms with E-state index in [2.05, 4.69) is 31.7 Å². The summed E-state index contributed by atoms with van der Waals surface area (Å²) in [6.07, 6.45) is 3.52. The van der Waals surface area contributed by atoms with Crippen LogP contribution >= 0.6 is 0 Å². The van der Waals surface area contributed by atoms with Crippen molar-refractivity contribution >= 4 is 23.0 Å². The number of H-pyrrole nitrogens is 1. The lowest BCUT2D eigenvalue weighted by atomic mass is 9.97. The van der Waals surface area contributed by atoms with Crippen molar-refractivity contribution in [3.63, 3.8) is 0 Å². The van der Waals surface area contributed by atoms with Crippen molar-refractivity contribution in [2.24, 2.45) is 0 Å². The number of fused-ring (bicyclic) bond motifs is 1. The summed E-state index contributed by atoms with van der Waals surface area (Å²) >= 11 is 0. The first-order chi connectivity index (χ1) is 14.2. The van der Waals surface area contributed by atoms with Crippen LogP contribution in [0.4, 0.5) is 10.7 Å². The Morgan fingerprint density at radius 3 is 2.76 bits per heavy atom. The van der Waals surface area contributed by atoms with E-state index in [1.165, 1.54) is 0 Å². The molecule has 4 rings (SSSR count). The quantitative estimate of drug-likeness (QED) is 0.489. The second-order valence-corrected chi connectivity index (χ2v) is 6.42. The van der Waals surface area contributed by atoms with Gasteiger partial charge in [0, 0.05) is 30.1 Å². The van der Waals surface area contributed by atoms with Crippen LogP contribution in [-0.4, -0.2) is 27.5 Å². The fourth-order valence-corrected chi connectivity index (χ4v) is 3.17. The smallest absolute Gasteiger partial charge is 0.321 e. The van der Waals surface area contributed by atoms with Gasteiger partial charge in [-0.1, -0.05) is 18.2 Å². The van der Waals surface area contributed by atoms with Crippen LogP contribution in [0.1, 0.15) is 12.5 Å². The number of aromatic nitrogens is 3. The lowest BCUT2D eigenvalue weighted by molar-refractivity contribution is 0.252. The number of nitrogens with zero attached hydrogens (tertiary/aromatic N) is 3. The van der Waals surface area contributed by atoms with Gasteiger partial charge in [0.1, 0.15) is 0 Å². The molecule has 0 saturated carbocycles. The van der Waals surface area contributed by atoms with Crippen LogP contribution in [0.5, 0.6) is 0 Å². The van der Waals surface area contributed by atoms with Crippen LogP contribution in [0.25, 0.3) is 33.3 Å².